The van der Waals surface area contributed by atoms with Crippen molar-refractivity contribution in [1.29, 1.82) is 5.26 Å². The van der Waals surface area contributed by atoms with E-state index >= 15 is 0 Å². The second-order valence-electron chi connectivity index (χ2n) is 3.11. The topological polar surface area (TPSA) is 72.2 Å². The summed E-state index contributed by atoms with van der Waals surface area (Å²) < 4.78 is 34.6. The molecule has 0 N–H and O–H groups in total. The molecule has 0 atom stereocenters. The van der Waals surface area contributed by atoms with Crippen LogP contribution in [0.15, 0.2) is 6.07 Å². The van der Waals surface area contributed by atoms with E-state index < -0.39 is 23.8 Å². The third-order valence-electron chi connectivity index (χ3n) is 2.03. The van der Waals surface area contributed by atoms with Gasteiger partial charge in [0, 0.05) is 6.07 Å². The van der Waals surface area contributed by atoms with E-state index in [1.54, 1.807) is 13.0 Å². The summed E-state index contributed by atoms with van der Waals surface area (Å²) in [6.07, 6.45) is -2.88. The van der Waals surface area contributed by atoms with Crippen molar-refractivity contribution < 1.29 is 23.0 Å². The molecule has 5 nitrogen and oxygen atoms in total. The van der Waals surface area contributed by atoms with Gasteiger partial charge in [-0.1, -0.05) is 0 Å². The number of nitrogens with zero attached hydrogens (tertiary/aromatic N) is 2. The van der Waals surface area contributed by atoms with E-state index in [0.717, 1.165) is 6.07 Å². The largest absolute Gasteiger partial charge is 0.495 e. The average Bonchev–Trinajstić information content (AvgIpc) is 2.37. The maximum absolute atomic E-state index is 12.6. The highest BCUT2D eigenvalue weighted by molar-refractivity contribution is 5.91. The van der Waals surface area contributed by atoms with Gasteiger partial charge in [0.05, 0.1) is 13.7 Å². The van der Waals surface area contributed by atoms with Gasteiger partial charge in [0.25, 0.3) is 6.43 Å². The molecule has 0 unspecified atom stereocenters. The molecule has 0 fully saturated rings. The van der Waals surface area contributed by atoms with Crippen molar-refractivity contribution in [1.82, 2.24) is 4.98 Å². The standard InChI is InChI=1S/C11H10F2N2O3/c1-3-18-11(16)9-6(5-14)8(17-2)4-7(15-9)10(12)13/h4,10H,3H2,1-2H3. The molecule has 0 amide bonds. The smallest absolute Gasteiger partial charge is 0.358 e. The minimum absolute atomic E-state index is 0.0482. The van der Waals surface area contributed by atoms with Crippen molar-refractivity contribution in [2.45, 2.75) is 13.3 Å². The van der Waals surface area contributed by atoms with E-state index in [0.29, 0.717) is 0 Å². The minimum atomic E-state index is -2.88. The molecule has 0 aliphatic rings. The highest BCUT2D eigenvalue weighted by Crippen LogP contribution is 2.27. The third-order valence-corrected chi connectivity index (χ3v) is 2.03. The SMILES string of the molecule is CCOC(=O)c1nc(C(F)F)cc(OC)c1C#N. The van der Waals surface area contributed by atoms with E-state index in [2.05, 4.69) is 9.72 Å². The number of nitriles is 1. The summed E-state index contributed by atoms with van der Waals surface area (Å²) in [7, 11) is 1.21. The number of ether oxygens (including phenoxy) is 2. The summed E-state index contributed by atoms with van der Waals surface area (Å²) in [5, 5.41) is 8.91. The molecular formula is C11H10F2N2O3. The molecule has 0 spiro atoms. The lowest BCUT2D eigenvalue weighted by Crippen LogP contribution is -2.12. The van der Waals surface area contributed by atoms with Gasteiger partial charge >= 0.3 is 5.97 Å². The Labute approximate surface area is 102 Å². The van der Waals surface area contributed by atoms with Gasteiger partial charge in [0.1, 0.15) is 23.1 Å². The molecule has 0 bridgehead atoms. The van der Waals surface area contributed by atoms with Gasteiger partial charge in [0.2, 0.25) is 0 Å². The van der Waals surface area contributed by atoms with Crippen LogP contribution < -0.4 is 4.74 Å². The van der Waals surface area contributed by atoms with Crippen molar-refractivity contribution in [3.05, 3.63) is 23.0 Å². The van der Waals surface area contributed by atoms with Crippen molar-refractivity contribution in [2.75, 3.05) is 13.7 Å². The van der Waals surface area contributed by atoms with E-state index in [4.69, 9.17) is 10.00 Å². The third kappa shape index (κ3) is 2.71. The van der Waals surface area contributed by atoms with Crippen molar-refractivity contribution >= 4 is 5.97 Å². The van der Waals surface area contributed by atoms with Crippen LogP contribution in [0.4, 0.5) is 8.78 Å². The number of esters is 1. The Morgan fingerprint density at radius 1 is 1.61 bits per heavy atom. The summed E-state index contributed by atoms with van der Waals surface area (Å²) in [4.78, 5) is 15.0. The highest BCUT2D eigenvalue weighted by Gasteiger charge is 2.23. The van der Waals surface area contributed by atoms with Crippen LogP contribution in [0, 0.1) is 11.3 Å². The second kappa shape index (κ2) is 5.91. The maximum Gasteiger partial charge on any atom is 0.358 e. The first kappa shape index (κ1) is 13.8. The van der Waals surface area contributed by atoms with Crippen molar-refractivity contribution in [3.8, 4) is 11.8 Å². The molecule has 0 radical (unpaired) electrons. The number of alkyl halides is 2. The molecular weight excluding hydrogens is 246 g/mol. The number of rotatable bonds is 4. The fourth-order valence-electron chi connectivity index (χ4n) is 1.27. The van der Waals surface area contributed by atoms with E-state index in [1.807, 2.05) is 0 Å². The Morgan fingerprint density at radius 2 is 2.28 bits per heavy atom. The van der Waals surface area contributed by atoms with Crippen LogP contribution in [0.25, 0.3) is 0 Å². The van der Waals surface area contributed by atoms with Crippen LogP contribution in [0.3, 0.4) is 0 Å². The summed E-state index contributed by atoms with van der Waals surface area (Å²) in [5.41, 5.74) is -1.33. The monoisotopic (exact) mass is 256 g/mol. The van der Waals surface area contributed by atoms with Gasteiger partial charge in [-0.05, 0) is 6.92 Å². The predicted octanol–water partition coefficient (Wildman–Crippen LogP) is 2.08. The van der Waals surface area contributed by atoms with Crippen LogP contribution in [0.1, 0.15) is 35.1 Å². The van der Waals surface area contributed by atoms with E-state index in [1.165, 1.54) is 7.11 Å². The number of halogens is 2. The number of carbonyl (C=O) groups is 1. The molecule has 1 heterocycles. The van der Waals surface area contributed by atoms with E-state index in [9.17, 15) is 13.6 Å². The van der Waals surface area contributed by atoms with Gasteiger partial charge in [-0.2, -0.15) is 5.26 Å². The fraction of sp³-hybridized carbons (Fsp3) is 0.364. The number of hydrogen-bond acceptors (Lipinski definition) is 5. The van der Waals surface area contributed by atoms with E-state index in [-0.39, 0.29) is 17.9 Å². The number of carbonyl (C=O) groups excluding carboxylic acids is 1. The zero-order valence-corrected chi connectivity index (χ0v) is 9.74. The zero-order valence-electron chi connectivity index (χ0n) is 9.74. The van der Waals surface area contributed by atoms with Crippen LogP contribution in [0.5, 0.6) is 5.75 Å². The second-order valence-corrected chi connectivity index (χ2v) is 3.11. The van der Waals surface area contributed by atoms with Gasteiger partial charge < -0.3 is 9.47 Å². The molecule has 0 aliphatic heterocycles. The molecule has 0 aliphatic carbocycles. The predicted molar refractivity (Wildman–Crippen MR) is 56.4 cm³/mol. The lowest BCUT2D eigenvalue weighted by atomic mass is 10.1. The Balaban J connectivity index is 3.41. The fourth-order valence-corrected chi connectivity index (χ4v) is 1.27. The number of methoxy groups -OCH3 is 1. The molecule has 1 aromatic heterocycles. The first-order chi connectivity index (χ1) is 8.54. The van der Waals surface area contributed by atoms with Crippen molar-refractivity contribution in [3.63, 3.8) is 0 Å². The van der Waals surface area contributed by atoms with Gasteiger partial charge in [-0.3, -0.25) is 0 Å². The molecule has 96 valence electrons. The maximum atomic E-state index is 12.6. The number of aromatic nitrogens is 1. The molecule has 18 heavy (non-hydrogen) atoms. The molecule has 0 saturated carbocycles. The first-order valence-corrected chi connectivity index (χ1v) is 4.99. The van der Waals surface area contributed by atoms with Crippen molar-refractivity contribution in [2.24, 2.45) is 0 Å². The summed E-state index contributed by atoms with van der Waals surface area (Å²) in [6.45, 7) is 1.60. The Morgan fingerprint density at radius 3 is 2.72 bits per heavy atom. The Kier molecular flexibility index (Phi) is 4.54. The Bertz CT molecular complexity index is 498. The molecule has 1 rings (SSSR count). The van der Waals surface area contributed by atoms with Gasteiger partial charge in [-0.25, -0.2) is 18.6 Å². The van der Waals surface area contributed by atoms with Gasteiger partial charge in [0.15, 0.2) is 5.69 Å². The number of hydrogen-bond donors (Lipinski definition) is 0. The van der Waals surface area contributed by atoms with Crippen LogP contribution in [-0.4, -0.2) is 24.7 Å². The highest BCUT2D eigenvalue weighted by atomic mass is 19.3. The van der Waals surface area contributed by atoms with Crippen LogP contribution >= 0.6 is 0 Å². The summed E-state index contributed by atoms with van der Waals surface area (Å²) in [6, 6.07) is 2.61. The first-order valence-electron chi connectivity index (χ1n) is 4.99. The zero-order chi connectivity index (χ0) is 13.7. The van der Waals surface area contributed by atoms with Crippen LogP contribution in [-0.2, 0) is 4.74 Å². The normalized spacial score (nSPS) is 10.0. The lowest BCUT2D eigenvalue weighted by molar-refractivity contribution is 0.0517. The summed E-state index contributed by atoms with van der Waals surface area (Å²) in [5.74, 6) is -1.07. The molecule has 0 aromatic carbocycles. The lowest BCUT2D eigenvalue weighted by Gasteiger charge is -2.09. The minimum Gasteiger partial charge on any atom is -0.495 e. The summed E-state index contributed by atoms with van der Waals surface area (Å²) >= 11 is 0. The Hall–Kier alpha value is -2.23. The molecule has 7 heteroatoms. The van der Waals surface area contributed by atoms with Crippen LogP contribution in [0.2, 0.25) is 0 Å². The molecule has 1 aromatic rings. The van der Waals surface area contributed by atoms with Gasteiger partial charge in [-0.15, -0.1) is 0 Å². The average molecular weight is 256 g/mol. The molecule has 0 saturated heterocycles. The quantitative estimate of drug-likeness (QED) is 0.771. The number of pyridine rings is 1.